The van der Waals surface area contributed by atoms with E-state index in [1.165, 1.54) is 16.3 Å². The molecule has 1 aliphatic heterocycles. The van der Waals surface area contributed by atoms with Gasteiger partial charge in [0.2, 0.25) is 0 Å². The Kier molecular flexibility index (Phi) is 3.43. The number of rotatable bonds is 1. The van der Waals surface area contributed by atoms with E-state index in [2.05, 4.69) is 47.8 Å². The summed E-state index contributed by atoms with van der Waals surface area (Å²) in [5, 5.41) is 6.02. The molecule has 1 N–H and O–H groups in total. The number of nitrogens with one attached hydrogen (secondary N) is 1. The highest BCUT2D eigenvalue weighted by Gasteiger charge is 2.17. The minimum absolute atomic E-state index is 0.234. The van der Waals surface area contributed by atoms with Crippen LogP contribution >= 0.6 is 0 Å². The number of hydrogen-bond acceptors (Lipinski definition) is 2. The molecule has 1 saturated heterocycles. The second kappa shape index (κ2) is 5.21. The van der Waals surface area contributed by atoms with E-state index in [0.29, 0.717) is 0 Å². The molecule has 0 amide bonds. The molecule has 2 nitrogen and oxygen atoms in total. The highest BCUT2D eigenvalue weighted by molar-refractivity contribution is 7.85. The number of fused-ring (bicyclic) bond motifs is 1. The van der Waals surface area contributed by atoms with Gasteiger partial charge in [-0.1, -0.05) is 36.4 Å². The fourth-order valence-corrected chi connectivity index (χ4v) is 3.79. The monoisotopic (exact) mass is 259 g/mol. The van der Waals surface area contributed by atoms with Crippen LogP contribution in [0, 0.1) is 0 Å². The highest BCUT2D eigenvalue weighted by Crippen LogP contribution is 2.22. The summed E-state index contributed by atoms with van der Waals surface area (Å²) in [7, 11) is -0.684. The fourth-order valence-electron chi connectivity index (χ4n) is 2.48. The van der Waals surface area contributed by atoms with Crippen LogP contribution in [0.2, 0.25) is 0 Å². The third kappa shape index (κ3) is 2.47. The SMILES string of the molecule is O=S1CCCNC(c2ccc3ccccc3c2)C1. The van der Waals surface area contributed by atoms with E-state index in [-0.39, 0.29) is 6.04 Å². The first-order valence-corrected chi connectivity index (χ1v) is 7.89. The maximum absolute atomic E-state index is 11.8. The first-order chi connectivity index (χ1) is 8.83. The summed E-state index contributed by atoms with van der Waals surface area (Å²) in [5.74, 6) is 1.56. The van der Waals surface area contributed by atoms with E-state index in [4.69, 9.17) is 0 Å². The van der Waals surface area contributed by atoms with Crippen molar-refractivity contribution in [3.63, 3.8) is 0 Å². The van der Waals surface area contributed by atoms with Crippen LogP contribution in [0.4, 0.5) is 0 Å². The molecule has 0 aromatic heterocycles. The predicted octanol–water partition coefficient (Wildman–Crippen LogP) is 2.62. The van der Waals surface area contributed by atoms with E-state index >= 15 is 0 Å². The van der Waals surface area contributed by atoms with E-state index in [0.717, 1.165) is 24.5 Å². The summed E-state index contributed by atoms with van der Waals surface area (Å²) in [6.45, 7) is 0.962. The van der Waals surface area contributed by atoms with Crippen molar-refractivity contribution in [1.82, 2.24) is 5.32 Å². The quantitative estimate of drug-likeness (QED) is 0.853. The molecule has 0 bridgehead atoms. The van der Waals surface area contributed by atoms with Crippen molar-refractivity contribution in [3.05, 3.63) is 48.0 Å². The molecule has 0 aliphatic carbocycles. The van der Waals surface area contributed by atoms with Crippen LogP contribution in [0.1, 0.15) is 18.0 Å². The Balaban J connectivity index is 1.95. The molecule has 18 heavy (non-hydrogen) atoms. The molecule has 3 rings (SSSR count). The van der Waals surface area contributed by atoms with Crippen molar-refractivity contribution in [2.75, 3.05) is 18.1 Å². The summed E-state index contributed by atoms with van der Waals surface area (Å²) in [5.41, 5.74) is 1.25. The molecule has 0 saturated carbocycles. The van der Waals surface area contributed by atoms with Gasteiger partial charge in [-0.25, -0.2) is 0 Å². The third-order valence-electron chi connectivity index (χ3n) is 3.47. The Labute approximate surface area is 110 Å². The number of hydrogen-bond donors (Lipinski definition) is 1. The van der Waals surface area contributed by atoms with Crippen LogP contribution in [-0.2, 0) is 10.8 Å². The fraction of sp³-hybridized carbons (Fsp3) is 0.333. The molecule has 94 valence electrons. The van der Waals surface area contributed by atoms with Crippen LogP contribution in [0.5, 0.6) is 0 Å². The molecular weight excluding hydrogens is 242 g/mol. The highest BCUT2D eigenvalue weighted by atomic mass is 32.2. The van der Waals surface area contributed by atoms with Crippen molar-refractivity contribution in [3.8, 4) is 0 Å². The van der Waals surface area contributed by atoms with E-state index in [1.54, 1.807) is 0 Å². The average Bonchev–Trinajstić information content (AvgIpc) is 2.63. The summed E-state index contributed by atoms with van der Waals surface area (Å²) in [6, 6.07) is 15.1. The van der Waals surface area contributed by atoms with Gasteiger partial charge in [0.25, 0.3) is 0 Å². The standard InChI is InChI=1S/C15H17NOS/c17-18-9-3-8-16-15(11-18)14-7-6-12-4-1-2-5-13(12)10-14/h1-2,4-7,10,15-16H,3,8-9,11H2. The van der Waals surface area contributed by atoms with Crippen LogP contribution in [0.15, 0.2) is 42.5 Å². The summed E-state index contributed by atoms with van der Waals surface area (Å²) in [6.07, 6.45) is 1.01. The maximum Gasteiger partial charge on any atom is 0.0437 e. The van der Waals surface area contributed by atoms with Gasteiger partial charge in [-0.15, -0.1) is 0 Å². The molecule has 1 heterocycles. The Hall–Kier alpha value is -1.19. The topological polar surface area (TPSA) is 29.1 Å². The molecule has 3 heteroatoms. The second-order valence-corrected chi connectivity index (χ2v) is 6.40. The molecule has 2 atom stereocenters. The van der Waals surface area contributed by atoms with E-state index in [9.17, 15) is 4.21 Å². The van der Waals surface area contributed by atoms with Gasteiger partial charge in [-0.05, 0) is 35.4 Å². The van der Waals surface area contributed by atoms with E-state index in [1.807, 2.05) is 0 Å². The van der Waals surface area contributed by atoms with Crippen molar-refractivity contribution < 1.29 is 4.21 Å². The minimum atomic E-state index is -0.684. The van der Waals surface area contributed by atoms with Gasteiger partial charge >= 0.3 is 0 Å². The lowest BCUT2D eigenvalue weighted by atomic mass is 10.0. The molecule has 2 aromatic rings. The smallest absolute Gasteiger partial charge is 0.0437 e. The predicted molar refractivity (Wildman–Crippen MR) is 77.2 cm³/mol. The van der Waals surface area contributed by atoms with Crippen LogP contribution in [0.3, 0.4) is 0 Å². The van der Waals surface area contributed by atoms with Crippen LogP contribution in [-0.4, -0.2) is 22.3 Å². The van der Waals surface area contributed by atoms with Gasteiger partial charge in [0.15, 0.2) is 0 Å². The Morgan fingerprint density at radius 2 is 1.94 bits per heavy atom. The van der Waals surface area contributed by atoms with Crippen LogP contribution < -0.4 is 5.32 Å². The zero-order valence-electron chi connectivity index (χ0n) is 10.3. The van der Waals surface area contributed by atoms with Crippen molar-refractivity contribution in [2.24, 2.45) is 0 Å². The normalized spacial score (nSPS) is 24.9. The van der Waals surface area contributed by atoms with Gasteiger partial charge in [0.05, 0.1) is 0 Å². The lowest BCUT2D eigenvalue weighted by Gasteiger charge is -2.16. The maximum atomic E-state index is 11.8. The van der Waals surface area contributed by atoms with E-state index < -0.39 is 10.8 Å². The minimum Gasteiger partial charge on any atom is -0.309 e. The third-order valence-corrected chi connectivity index (χ3v) is 4.92. The Bertz CT molecular complexity index is 581. The molecule has 2 unspecified atom stereocenters. The summed E-state index contributed by atoms with van der Waals surface area (Å²) in [4.78, 5) is 0. The van der Waals surface area contributed by atoms with Gasteiger partial charge in [-0.2, -0.15) is 0 Å². The zero-order valence-corrected chi connectivity index (χ0v) is 11.1. The summed E-state index contributed by atoms with van der Waals surface area (Å²) < 4.78 is 11.8. The van der Waals surface area contributed by atoms with Gasteiger partial charge in [0.1, 0.15) is 0 Å². The molecule has 1 aliphatic rings. The average molecular weight is 259 g/mol. The van der Waals surface area contributed by atoms with Gasteiger partial charge in [0, 0.05) is 28.3 Å². The van der Waals surface area contributed by atoms with Crippen LogP contribution in [0.25, 0.3) is 10.8 Å². The second-order valence-electron chi connectivity index (χ2n) is 4.78. The molecule has 2 aromatic carbocycles. The first kappa shape index (κ1) is 11.9. The van der Waals surface area contributed by atoms with Crippen molar-refractivity contribution in [1.29, 1.82) is 0 Å². The van der Waals surface area contributed by atoms with Crippen molar-refractivity contribution in [2.45, 2.75) is 12.5 Å². The zero-order chi connectivity index (χ0) is 12.4. The largest absolute Gasteiger partial charge is 0.309 e. The molecule has 1 fully saturated rings. The Morgan fingerprint density at radius 3 is 2.83 bits per heavy atom. The lowest BCUT2D eigenvalue weighted by Crippen LogP contribution is -2.23. The summed E-state index contributed by atoms with van der Waals surface area (Å²) >= 11 is 0. The molecule has 0 radical (unpaired) electrons. The Morgan fingerprint density at radius 1 is 1.11 bits per heavy atom. The van der Waals surface area contributed by atoms with Gasteiger partial charge in [-0.3, -0.25) is 4.21 Å². The first-order valence-electron chi connectivity index (χ1n) is 6.40. The molecular formula is C15H17NOS. The number of benzene rings is 2. The van der Waals surface area contributed by atoms with Crippen molar-refractivity contribution >= 4 is 21.6 Å². The van der Waals surface area contributed by atoms with Gasteiger partial charge < -0.3 is 5.32 Å². The molecule has 0 spiro atoms. The lowest BCUT2D eigenvalue weighted by molar-refractivity contribution is 0.588.